The number of esters is 1. The third kappa shape index (κ3) is 1.84. The summed E-state index contributed by atoms with van der Waals surface area (Å²) >= 11 is 6.10. The number of anilines is 1. The van der Waals surface area contributed by atoms with Crippen LogP contribution in [0.5, 0.6) is 0 Å². The van der Waals surface area contributed by atoms with Crippen LogP contribution in [0.25, 0.3) is 0 Å². The quantitative estimate of drug-likeness (QED) is 0.465. The number of halogens is 1. The highest BCUT2D eigenvalue weighted by atomic mass is 35.5. The van der Waals surface area contributed by atoms with Gasteiger partial charge in [0.15, 0.2) is 0 Å². The van der Waals surface area contributed by atoms with Crippen LogP contribution in [-0.4, -0.2) is 24.4 Å². The molecular formula is C20H18ClNO4. The summed E-state index contributed by atoms with van der Waals surface area (Å²) in [4.78, 5) is 39.6. The Morgan fingerprint density at radius 3 is 2.35 bits per heavy atom. The summed E-state index contributed by atoms with van der Waals surface area (Å²) < 4.78 is 5.01. The fraction of sp³-hybridized carbons (Fsp3) is 0.450. The Hall–Kier alpha value is -2.14. The zero-order valence-corrected chi connectivity index (χ0v) is 15.0. The molecule has 1 aliphatic heterocycles. The van der Waals surface area contributed by atoms with Crippen molar-refractivity contribution < 1.29 is 19.1 Å². The Kier molecular flexibility index (Phi) is 3.21. The van der Waals surface area contributed by atoms with Gasteiger partial charge in [0, 0.05) is 0 Å². The predicted molar refractivity (Wildman–Crippen MR) is 94.7 cm³/mol. The van der Waals surface area contributed by atoms with E-state index >= 15 is 0 Å². The molecule has 5 nitrogen and oxygen atoms in total. The van der Waals surface area contributed by atoms with Crippen molar-refractivity contribution in [2.24, 2.45) is 29.1 Å². The van der Waals surface area contributed by atoms with Crippen LogP contribution in [0.1, 0.15) is 30.1 Å². The topological polar surface area (TPSA) is 63.7 Å². The molecule has 1 saturated heterocycles. The van der Waals surface area contributed by atoms with Gasteiger partial charge in [-0.05, 0) is 55.2 Å². The third-order valence-electron chi connectivity index (χ3n) is 6.56. The summed E-state index contributed by atoms with van der Waals surface area (Å²) in [7, 11) is 0. The number of ether oxygens (including phenoxy) is 1. The van der Waals surface area contributed by atoms with E-state index in [2.05, 4.69) is 12.2 Å². The highest BCUT2D eigenvalue weighted by molar-refractivity contribution is 6.34. The number of hydrogen-bond acceptors (Lipinski definition) is 4. The Morgan fingerprint density at radius 2 is 1.81 bits per heavy atom. The van der Waals surface area contributed by atoms with Gasteiger partial charge in [0.1, 0.15) is 0 Å². The number of carbonyl (C=O) groups excluding carboxylic acids is 3. The van der Waals surface area contributed by atoms with Gasteiger partial charge < -0.3 is 4.74 Å². The standard InChI is InChI=1S/C20H18ClNO4/c1-2-26-19(25)11-9-10(3-6-14(11)21)22-17(23)15-12-4-5-13(16(15)18(22)24)20(12)7-8-20/h3-6,9,12-13,15-16H,2,7-8H2,1H3/t12-,13-,15-,16+/m1/s1. The van der Waals surface area contributed by atoms with E-state index in [-0.39, 0.29) is 58.1 Å². The van der Waals surface area contributed by atoms with E-state index in [0.29, 0.717) is 5.69 Å². The number of amides is 2. The van der Waals surface area contributed by atoms with Crippen LogP contribution >= 0.6 is 11.6 Å². The minimum atomic E-state index is -0.558. The molecule has 26 heavy (non-hydrogen) atoms. The number of hydrogen-bond donors (Lipinski definition) is 0. The van der Waals surface area contributed by atoms with Crippen LogP contribution in [0, 0.1) is 29.1 Å². The maximum Gasteiger partial charge on any atom is 0.339 e. The van der Waals surface area contributed by atoms with Crippen molar-refractivity contribution in [2.45, 2.75) is 19.8 Å². The van der Waals surface area contributed by atoms with Gasteiger partial charge in [0.25, 0.3) is 0 Å². The van der Waals surface area contributed by atoms with Crippen molar-refractivity contribution in [2.75, 3.05) is 11.5 Å². The predicted octanol–water partition coefficient (Wildman–Crippen LogP) is 3.22. The fourth-order valence-corrected chi connectivity index (χ4v) is 5.55. The normalized spacial score (nSPS) is 32.5. The van der Waals surface area contributed by atoms with Crippen LogP contribution in [0.15, 0.2) is 30.4 Å². The minimum Gasteiger partial charge on any atom is -0.462 e. The molecule has 4 aliphatic rings. The SMILES string of the molecule is CCOC(=O)c1cc(N2C(=O)[C@@H]3[C@H](C2=O)[C@H]2C=C[C@H]3C23CC3)ccc1Cl. The number of fused-ring (bicyclic) bond motifs is 3. The van der Waals surface area contributed by atoms with Gasteiger partial charge >= 0.3 is 5.97 Å². The van der Waals surface area contributed by atoms with Crippen LogP contribution < -0.4 is 4.90 Å². The summed E-state index contributed by atoms with van der Waals surface area (Å²) in [6.45, 7) is 1.93. The number of imide groups is 1. The monoisotopic (exact) mass is 371 g/mol. The molecule has 134 valence electrons. The second kappa shape index (κ2) is 5.19. The van der Waals surface area contributed by atoms with E-state index in [1.165, 1.54) is 17.0 Å². The van der Waals surface area contributed by atoms with E-state index in [4.69, 9.17) is 16.3 Å². The Balaban J connectivity index is 1.51. The molecule has 1 aromatic carbocycles. The van der Waals surface area contributed by atoms with Crippen LogP contribution in [0.3, 0.4) is 0 Å². The molecule has 3 fully saturated rings. The molecule has 1 heterocycles. The van der Waals surface area contributed by atoms with E-state index in [0.717, 1.165) is 12.8 Å². The van der Waals surface area contributed by atoms with Gasteiger partial charge in [-0.15, -0.1) is 0 Å². The fourth-order valence-electron chi connectivity index (χ4n) is 5.35. The van der Waals surface area contributed by atoms with E-state index < -0.39 is 5.97 Å². The first-order chi connectivity index (χ1) is 12.5. The average Bonchev–Trinajstić information content (AvgIpc) is 3.21. The van der Waals surface area contributed by atoms with Crippen molar-refractivity contribution >= 4 is 35.1 Å². The first-order valence-electron chi connectivity index (χ1n) is 9.02. The molecule has 0 N–H and O–H groups in total. The lowest BCUT2D eigenvalue weighted by Crippen LogP contribution is -2.34. The van der Waals surface area contributed by atoms with Gasteiger partial charge in [-0.2, -0.15) is 0 Å². The third-order valence-corrected chi connectivity index (χ3v) is 6.89. The molecule has 1 aromatic rings. The molecule has 5 rings (SSSR count). The summed E-state index contributed by atoms with van der Waals surface area (Å²) in [5, 5.41) is 0.241. The molecule has 3 aliphatic carbocycles. The Bertz CT molecular complexity index is 854. The van der Waals surface area contributed by atoms with Crippen molar-refractivity contribution in [1.29, 1.82) is 0 Å². The first kappa shape index (κ1) is 16.1. The van der Waals surface area contributed by atoms with Crippen molar-refractivity contribution in [1.82, 2.24) is 0 Å². The molecule has 0 radical (unpaired) electrons. The number of benzene rings is 1. The first-order valence-corrected chi connectivity index (χ1v) is 9.40. The lowest BCUT2D eigenvalue weighted by atomic mass is 9.85. The lowest BCUT2D eigenvalue weighted by molar-refractivity contribution is -0.123. The summed E-state index contributed by atoms with van der Waals surface area (Å²) in [5.41, 5.74) is 0.734. The van der Waals surface area contributed by atoms with Crippen LogP contribution in [-0.2, 0) is 14.3 Å². The second-order valence-corrected chi connectivity index (χ2v) is 8.02. The molecule has 2 saturated carbocycles. The van der Waals surface area contributed by atoms with Gasteiger partial charge in [-0.1, -0.05) is 23.8 Å². The molecular weight excluding hydrogens is 354 g/mol. The van der Waals surface area contributed by atoms with E-state index in [1.807, 2.05) is 0 Å². The van der Waals surface area contributed by atoms with Gasteiger partial charge in [0.2, 0.25) is 11.8 Å². The summed E-state index contributed by atoms with van der Waals surface area (Å²) in [5.74, 6) is -1.03. The molecule has 0 aromatic heterocycles. The average molecular weight is 372 g/mol. The van der Waals surface area contributed by atoms with Crippen LogP contribution in [0.4, 0.5) is 5.69 Å². The van der Waals surface area contributed by atoms with Gasteiger partial charge in [0.05, 0.1) is 34.7 Å². The van der Waals surface area contributed by atoms with Crippen molar-refractivity contribution in [3.63, 3.8) is 0 Å². The number of allylic oxidation sites excluding steroid dienone is 2. The molecule has 0 unspecified atom stereocenters. The minimum absolute atomic E-state index is 0.153. The summed E-state index contributed by atoms with van der Waals surface area (Å²) in [6.07, 6.45) is 6.49. The second-order valence-electron chi connectivity index (χ2n) is 7.62. The zero-order valence-electron chi connectivity index (χ0n) is 14.3. The molecule has 2 amide bonds. The van der Waals surface area contributed by atoms with Crippen LogP contribution in [0.2, 0.25) is 5.02 Å². The molecule has 1 spiro atoms. The maximum atomic E-state index is 13.1. The zero-order chi connectivity index (χ0) is 18.2. The Morgan fingerprint density at radius 1 is 1.19 bits per heavy atom. The van der Waals surface area contributed by atoms with E-state index in [1.54, 1.807) is 13.0 Å². The largest absolute Gasteiger partial charge is 0.462 e. The highest BCUT2D eigenvalue weighted by Gasteiger charge is 2.73. The highest BCUT2D eigenvalue weighted by Crippen LogP contribution is 2.73. The summed E-state index contributed by atoms with van der Waals surface area (Å²) in [6, 6.07) is 4.64. The van der Waals surface area contributed by atoms with Crippen molar-refractivity contribution in [3.8, 4) is 0 Å². The Labute approximate surface area is 155 Å². The van der Waals surface area contributed by atoms with Gasteiger partial charge in [-0.3, -0.25) is 9.59 Å². The molecule has 6 heteroatoms. The van der Waals surface area contributed by atoms with E-state index in [9.17, 15) is 14.4 Å². The number of nitrogens with zero attached hydrogens (tertiary/aromatic N) is 1. The molecule has 2 bridgehead atoms. The smallest absolute Gasteiger partial charge is 0.339 e. The number of rotatable bonds is 3. The number of carbonyl (C=O) groups is 3. The van der Waals surface area contributed by atoms with Crippen molar-refractivity contribution in [3.05, 3.63) is 40.9 Å². The van der Waals surface area contributed by atoms with Gasteiger partial charge in [-0.25, -0.2) is 9.69 Å². The maximum absolute atomic E-state index is 13.1. The molecule has 4 atom stereocenters. The lowest BCUT2D eigenvalue weighted by Gasteiger charge is -2.22.